The number of carboxylic acid groups (broad SMARTS) is 1. The average Bonchev–Trinajstić information content (AvgIpc) is 2.29. The summed E-state index contributed by atoms with van der Waals surface area (Å²) in [6, 6.07) is 3.51. The van der Waals surface area contributed by atoms with E-state index in [-0.39, 0.29) is 23.9 Å². The van der Waals surface area contributed by atoms with E-state index in [0.717, 1.165) is 0 Å². The van der Waals surface area contributed by atoms with Crippen LogP contribution in [0.2, 0.25) is 0 Å². The smallest absolute Gasteiger partial charge is 0.337 e. The van der Waals surface area contributed by atoms with Crippen molar-refractivity contribution in [3.05, 3.63) is 29.6 Å². The lowest BCUT2D eigenvalue weighted by Gasteiger charge is -2.21. The Hall–Kier alpha value is -1.62. The summed E-state index contributed by atoms with van der Waals surface area (Å²) >= 11 is 0. The predicted molar refractivity (Wildman–Crippen MR) is 67.3 cm³/mol. The van der Waals surface area contributed by atoms with Gasteiger partial charge in [-0.05, 0) is 24.5 Å². The molecule has 5 heteroatoms. The summed E-state index contributed by atoms with van der Waals surface area (Å²) in [5.41, 5.74) is -0.193. The number of carbonyl (C=O) groups is 1. The molecular formula is C13H18FNO3. The third kappa shape index (κ3) is 3.70. The SMILES string of the molecule is CC(C)CC(CO)Nc1c(F)cccc1C(=O)O. The number of aliphatic hydroxyl groups excluding tert-OH is 1. The molecule has 0 saturated heterocycles. The lowest BCUT2D eigenvalue weighted by atomic mass is 10.0. The van der Waals surface area contributed by atoms with Gasteiger partial charge in [-0.1, -0.05) is 19.9 Å². The standard InChI is InChI=1S/C13H18FNO3/c1-8(2)6-9(7-16)15-12-10(13(17)18)4-3-5-11(12)14/h3-5,8-9,15-16H,6-7H2,1-2H3,(H,17,18). The number of halogens is 1. The highest BCUT2D eigenvalue weighted by Gasteiger charge is 2.18. The molecule has 0 aliphatic carbocycles. The van der Waals surface area contributed by atoms with Gasteiger partial charge in [0.1, 0.15) is 5.82 Å². The number of benzene rings is 1. The Kier molecular flexibility index (Phi) is 5.09. The summed E-state index contributed by atoms with van der Waals surface area (Å²) in [5.74, 6) is -1.51. The van der Waals surface area contributed by atoms with Crippen molar-refractivity contribution in [2.45, 2.75) is 26.3 Å². The molecule has 1 unspecified atom stereocenters. The number of hydrogen-bond donors (Lipinski definition) is 3. The Labute approximate surface area is 105 Å². The third-order valence-electron chi connectivity index (χ3n) is 2.57. The molecule has 3 N–H and O–H groups in total. The lowest BCUT2D eigenvalue weighted by molar-refractivity contribution is 0.0697. The van der Waals surface area contributed by atoms with Crippen molar-refractivity contribution in [1.82, 2.24) is 0 Å². The van der Waals surface area contributed by atoms with Crippen LogP contribution in [0.25, 0.3) is 0 Å². The number of aromatic carboxylic acids is 1. The topological polar surface area (TPSA) is 69.6 Å². The molecule has 0 spiro atoms. The Bertz CT molecular complexity index is 421. The number of anilines is 1. The van der Waals surface area contributed by atoms with Gasteiger partial charge in [0.05, 0.1) is 17.9 Å². The van der Waals surface area contributed by atoms with Gasteiger partial charge in [-0.15, -0.1) is 0 Å². The summed E-state index contributed by atoms with van der Waals surface area (Å²) < 4.78 is 13.6. The number of hydrogen-bond acceptors (Lipinski definition) is 3. The van der Waals surface area contributed by atoms with E-state index < -0.39 is 11.8 Å². The van der Waals surface area contributed by atoms with E-state index in [4.69, 9.17) is 5.11 Å². The normalized spacial score (nSPS) is 12.5. The van der Waals surface area contributed by atoms with Crippen LogP contribution in [0, 0.1) is 11.7 Å². The fourth-order valence-electron chi connectivity index (χ4n) is 1.80. The molecule has 1 aromatic rings. The van der Waals surface area contributed by atoms with Crippen molar-refractivity contribution in [2.75, 3.05) is 11.9 Å². The quantitative estimate of drug-likeness (QED) is 0.729. The van der Waals surface area contributed by atoms with E-state index >= 15 is 0 Å². The van der Waals surface area contributed by atoms with Crippen LogP contribution in [0.3, 0.4) is 0 Å². The van der Waals surface area contributed by atoms with Crippen LogP contribution in [-0.2, 0) is 0 Å². The zero-order valence-corrected chi connectivity index (χ0v) is 10.5. The zero-order valence-electron chi connectivity index (χ0n) is 10.5. The summed E-state index contributed by atoms with van der Waals surface area (Å²) in [7, 11) is 0. The van der Waals surface area contributed by atoms with Gasteiger partial charge >= 0.3 is 5.97 Å². The van der Waals surface area contributed by atoms with Crippen molar-refractivity contribution < 1.29 is 19.4 Å². The fraction of sp³-hybridized carbons (Fsp3) is 0.462. The fourth-order valence-corrected chi connectivity index (χ4v) is 1.80. The van der Waals surface area contributed by atoms with E-state index in [1.165, 1.54) is 18.2 Å². The maximum absolute atomic E-state index is 13.6. The Morgan fingerprint density at radius 2 is 2.11 bits per heavy atom. The molecule has 1 aromatic carbocycles. The highest BCUT2D eigenvalue weighted by Crippen LogP contribution is 2.22. The van der Waals surface area contributed by atoms with E-state index in [2.05, 4.69) is 5.32 Å². The Balaban J connectivity index is 2.97. The van der Waals surface area contributed by atoms with Gasteiger partial charge in [0.15, 0.2) is 0 Å². The first-order valence-corrected chi connectivity index (χ1v) is 5.85. The second kappa shape index (κ2) is 6.35. The van der Waals surface area contributed by atoms with Crippen LogP contribution in [0.5, 0.6) is 0 Å². The Morgan fingerprint density at radius 1 is 1.44 bits per heavy atom. The van der Waals surface area contributed by atoms with Gasteiger partial charge in [0, 0.05) is 6.04 Å². The molecule has 4 nitrogen and oxygen atoms in total. The largest absolute Gasteiger partial charge is 0.478 e. The third-order valence-corrected chi connectivity index (χ3v) is 2.57. The van der Waals surface area contributed by atoms with Crippen LogP contribution < -0.4 is 5.32 Å². The van der Waals surface area contributed by atoms with Crippen molar-refractivity contribution in [1.29, 1.82) is 0 Å². The number of rotatable bonds is 6. The number of aliphatic hydroxyl groups is 1. The van der Waals surface area contributed by atoms with Crippen LogP contribution in [-0.4, -0.2) is 28.8 Å². The first-order valence-electron chi connectivity index (χ1n) is 5.85. The maximum Gasteiger partial charge on any atom is 0.337 e. The molecule has 0 fully saturated rings. The van der Waals surface area contributed by atoms with Gasteiger partial charge in [-0.2, -0.15) is 0 Å². The minimum atomic E-state index is -1.20. The molecule has 0 aromatic heterocycles. The van der Waals surface area contributed by atoms with Gasteiger partial charge in [-0.3, -0.25) is 0 Å². The molecule has 1 atom stereocenters. The van der Waals surface area contributed by atoms with Crippen molar-refractivity contribution >= 4 is 11.7 Å². The van der Waals surface area contributed by atoms with E-state index in [9.17, 15) is 14.3 Å². The molecule has 0 amide bonds. The van der Waals surface area contributed by atoms with Crippen LogP contribution in [0.4, 0.5) is 10.1 Å². The summed E-state index contributed by atoms with van der Waals surface area (Å²) in [4.78, 5) is 11.0. The Morgan fingerprint density at radius 3 is 2.61 bits per heavy atom. The molecule has 0 heterocycles. The molecule has 0 aliphatic heterocycles. The summed E-state index contributed by atoms with van der Waals surface area (Å²) in [5, 5.41) is 21.0. The molecule has 0 radical (unpaired) electrons. The number of para-hydroxylation sites is 1. The molecule has 100 valence electrons. The van der Waals surface area contributed by atoms with Crippen LogP contribution in [0.15, 0.2) is 18.2 Å². The molecule has 1 rings (SSSR count). The van der Waals surface area contributed by atoms with Gasteiger partial charge in [0.2, 0.25) is 0 Å². The zero-order chi connectivity index (χ0) is 13.7. The minimum absolute atomic E-state index is 0.0651. The van der Waals surface area contributed by atoms with Gasteiger partial charge < -0.3 is 15.5 Å². The van der Waals surface area contributed by atoms with Crippen molar-refractivity contribution in [2.24, 2.45) is 5.92 Å². The molecule has 0 aliphatic rings. The highest BCUT2D eigenvalue weighted by atomic mass is 19.1. The van der Waals surface area contributed by atoms with Crippen molar-refractivity contribution in [3.8, 4) is 0 Å². The van der Waals surface area contributed by atoms with Crippen molar-refractivity contribution in [3.63, 3.8) is 0 Å². The van der Waals surface area contributed by atoms with E-state index in [1.807, 2.05) is 13.8 Å². The molecule has 0 saturated carbocycles. The van der Waals surface area contributed by atoms with E-state index in [0.29, 0.717) is 12.3 Å². The number of carboxylic acids is 1. The summed E-state index contributed by atoms with van der Waals surface area (Å²) in [6.45, 7) is 3.78. The van der Waals surface area contributed by atoms with Gasteiger partial charge in [0.25, 0.3) is 0 Å². The number of nitrogens with one attached hydrogen (secondary N) is 1. The maximum atomic E-state index is 13.6. The predicted octanol–water partition coefficient (Wildman–Crippen LogP) is 2.34. The lowest BCUT2D eigenvalue weighted by Crippen LogP contribution is -2.27. The first kappa shape index (κ1) is 14.4. The second-order valence-corrected chi connectivity index (χ2v) is 4.62. The van der Waals surface area contributed by atoms with E-state index in [1.54, 1.807) is 0 Å². The molecular weight excluding hydrogens is 237 g/mol. The van der Waals surface area contributed by atoms with Gasteiger partial charge in [-0.25, -0.2) is 9.18 Å². The minimum Gasteiger partial charge on any atom is -0.478 e. The second-order valence-electron chi connectivity index (χ2n) is 4.62. The monoisotopic (exact) mass is 255 g/mol. The van der Waals surface area contributed by atoms with Crippen LogP contribution >= 0.6 is 0 Å². The van der Waals surface area contributed by atoms with Crippen LogP contribution in [0.1, 0.15) is 30.6 Å². The molecule has 18 heavy (non-hydrogen) atoms. The molecule has 0 bridgehead atoms. The average molecular weight is 255 g/mol. The first-order chi connectivity index (χ1) is 8.45. The summed E-state index contributed by atoms with van der Waals surface area (Å²) in [6.07, 6.45) is 0.629. The highest BCUT2D eigenvalue weighted by molar-refractivity contribution is 5.94.